The fraction of sp³-hybridized carbons (Fsp3) is 0.400. The van der Waals surface area contributed by atoms with Crippen LogP contribution >= 0.6 is 11.8 Å². The van der Waals surface area contributed by atoms with Crippen LogP contribution in [0.3, 0.4) is 0 Å². The lowest BCUT2D eigenvalue weighted by molar-refractivity contribution is -0.136. The molecule has 1 aromatic heterocycles. The van der Waals surface area contributed by atoms with Crippen molar-refractivity contribution in [3.05, 3.63) is 23.7 Å². The molecule has 0 saturated carbocycles. The summed E-state index contributed by atoms with van der Waals surface area (Å²) in [4.78, 5) is 21.9. The summed E-state index contributed by atoms with van der Waals surface area (Å²) >= 11 is 1.18. The van der Waals surface area contributed by atoms with E-state index in [2.05, 4.69) is 4.74 Å². The highest BCUT2D eigenvalue weighted by molar-refractivity contribution is 7.99. The van der Waals surface area contributed by atoms with Crippen molar-refractivity contribution >= 4 is 23.7 Å². The highest BCUT2D eigenvalue weighted by atomic mass is 32.2. The summed E-state index contributed by atoms with van der Waals surface area (Å²) in [6.07, 6.45) is 1.38. The number of hydrogen-bond acceptors (Lipinski definition) is 5. The molecule has 1 aromatic rings. The Kier molecular flexibility index (Phi) is 4.42. The number of ether oxygens (including phenoxy) is 1. The van der Waals surface area contributed by atoms with Crippen molar-refractivity contribution in [3.63, 3.8) is 0 Å². The summed E-state index contributed by atoms with van der Waals surface area (Å²) in [5, 5.41) is 8.15. The Morgan fingerprint density at radius 3 is 2.88 bits per heavy atom. The van der Waals surface area contributed by atoms with Gasteiger partial charge in [-0.05, 0) is 13.0 Å². The molecule has 1 rings (SSSR count). The van der Waals surface area contributed by atoms with Crippen LogP contribution in [0.25, 0.3) is 0 Å². The monoisotopic (exact) mass is 244 g/mol. The maximum Gasteiger partial charge on any atom is 0.341 e. The second kappa shape index (κ2) is 5.60. The maximum atomic E-state index is 11.3. The number of carbonyl (C=O) groups excluding carboxylic acids is 1. The van der Waals surface area contributed by atoms with Crippen molar-refractivity contribution in [2.75, 3.05) is 7.11 Å². The van der Waals surface area contributed by atoms with Crippen molar-refractivity contribution in [2.24, 2.45) is 0 Å². The van der Waals surface area contributed by atoms with Crippen LogP contribution in [-0.4, -0.2) is 29.4 Å². The minimum atomic E-state index is -0.892. The number of carboxylic acid groups (broad SMARTS) is 1. The molecule has 0 amide bonds. The summed E-state index contributed by atoms with van der Waals surface area (Å²) in [6.45, 7) is 1.58. The lowest BCUT2D eigenvalue weighted by Gasteiger charge is -2.05. The van der Waals surface area contributed by atoms with Crippen LogP contribution in [0.4, 0.5) is 0 Å². The first-order valence-corrected chi connectivity index (χ1v) is 5.60. The van der Waals surface area contributed by atoms with Gasteiger partial charge in [0.2, 0.25) is 0 Å². The molecule has 0 spiro atoms. The van der Waals surface area contributed by atoms with E-state index in [1.807, 2.05) is 0 Å². The van der Waals surface area contributed by atoms with Crippen LogP contribution < -0.4 is 0 Å². The fourth-order valence-corrected chi connectivity index (χ4v) is 1.78. The lowest BCUT2D eigenvalue weighted by atomic mass is 10.3. The zero-order valence-electron chi connectivity index (χ0n) is 8.93. The predicted octanol–water partition coefficient (Wildman–Crippen LogP) is 1.77. The van der Waals surface area contributed by atoms with E-state index in [4.69, 9.17) is 9.52 Å². The largest absolute Gasteiger partial charge is 0.480 e. The molecular formula is C10H12O5S. The summed E-state index contributed by atoms with van der Waals surface area (Å²) in [7, 11) is 1.28. The van der Waals surface area contributed by atoms with Gasteiger partial charge in [0.1, 0.15) is 11.3 Å². The Hall–Kier alpha value is -1.43. The Balaban J connectivity index is 2.64. The van der Waals surface area contributed by atoms with E-state index >= 15 is 0 Å². The zero-order valence-corrected chi connectivity index (χ0v) is 9.74. The normalized spacial score (nSPS) is 12.1. The minimum Gasteiger partial charge on any atom is -0.480 e. The molecule has 0 saturated heterocycles. The van der Waals surface area contributed by atoms with Crippen LogP contribution in [-0.2, 0) is 15.3 Å². The van der Waals surface area contributed by atoms with Gasteiger partial charge in [0.05, 0.1) is 24.4 Å². The molecule has 1 heterocycles. The van der Waals surface area contributed by atoms with Crippen LogP contribution in [0.2, 0.25) is 0 Å². The number of methoxy groups -OCH3 is 1. The van der Waals surface area contributed by atoms with Crippen molar-refractivity contribution in [1.82, 2.24) is 0 Å². The van der Waals surface area contributed by atoms with E-state index in [0.29, 0.717) is 17.1 Å². The van der Waals surface area contributed by atoms with Gasteiger partial charge < -0.3 is 14.3 Å². The van der Waals surface area contributed by atoms with Crippen molar-refractivity contribution in [2.45, 2.75) is 17.9 Å². The molecule has 1 unspecified atom stereocenters. The first-order chi connectivity index (χ1) is 7.56. The molecule has 1 N–H and O–H groups in total. The highest BCUT2D eigenvalue weighted by Crippen LogP contribution is 2.22. The molecule has 16 heavy (non-hydrogen) atoms. The van der Waals surface area contributed by atoms with Gasteiger partial charge in [-0.15, -0.1) is 11.8 Å². The van der Waals surface area contributed by atoms with Gasteiger partial charge >= 0.3 is 11.9 Å². The predicted molar refractivity (Wildman–Crippen MR) is 58.4 cm³/mol. The van der Waals surface area contributed by atoms with Crippen LogP contribution in [0.1, 0.15) is 23.0 Å². The molecule has 88 valence electrons. The zero-order chi connectivity index (χ0) is 12.1. The van der Waals surface area contributed by atoms with Crippen molar-refractivity contribution in [3.8, 4) is 0 Å². The van der Waals surface area contributed by atoms with E-state index in [1.54, 1.807) is 6.92 Å². The molecule has 0 aromatic carbocycles. The number of carbonyl (C=O) groups is 2. The van der Waals surface area contributed by atoms with E-state index in [1.165, 1.54) is 31.2 Å². The quantitative estimate of drug-likeness (QED) is 0.795. The van der Waals surface area contributed by atoms with E-state index in [0.717, 1.165) is 0 Å². The van der Waals surface area contributed by atoms with Crippen LogP contribution in [0.15, 0.2) is 16.7 Å². The summed E-state index contributed by atoms with van der Waals surface area (Å²) in [6, 6.07) is 1.51. The SMILES string of the molecule is COC(=O)c1ccoc1CSC(C)C(=O)O. The first-order valence-electron chi connectivity index (χ1n) is 4.55. The molecule has 0 fully saturated rings. The molecule has 0 aliphatic carbocycles. The van der Waals surface area contributed by atoms with Crippen molar-refractivity contribution in [1.29, 1.82) is 0 Å². The number of hydrogen-bond donors (Lipinski definition) is 1. The van der Waals surface area contributed by atoms with Gasteiger partial charge in [-0.2, -0.15) is 0 Å². The van der Waals surface area contributed by atoms with Gasteiger partial charge in [-0.25, -0.2) is 4.79 Å². The average molecular weight is 244 g/mol. The topological polar surface area (TPSA) is 76.7 Å². The summed E-state index contributed by atoms with van der Waals surface area (Å²) in [5.74, 6) is -0.612. The Morgan fingerprint density at radius 1 is 1.62 bits per heavy atom. The fourth-order valence-electron chi connectivity index (χ4n) is 1.02. The Morgan fingerprint density at radius 2 is 2.31 bits per heavy atom. The number of thioether (sulfide) groups is 1. The molecule has 0 aliphatic rings. The molecule has 0 bridgehead atoms. The lowest BCUT2D eigenvalue weighted by Crippen LogP contribution is -2.12. The van der Waals surface area contributed by atoms with Gasteiger partial charge in [-0.1, -0.05) is 0 Å². The summed E-state index contributed by atoms with van der Waals surface area (Å²) in [5.41, 5.74) is 0.340. The maximum absolute atomic E-state index is 11.3. The van der Waals surface area contributed by atoms with Gasteiger partial charge in [0.15, 0.2) is 0 Å². The number of esters is 1. The van der Waals surface area contributed by atoms with Gasteiger partial charge in [0, 0.05) is 0 Å². The average Bonchev–Trinajstić information content (AvgIpc) is 2.72. The van der Waals surface area contributed by atoms with Gasteiger partial charge in [0.25, 0.3) is 0 Å². The Bertz CT molecular complexity index is 384. The molecule has 5 nitrogen and oxygen atoms in total. The molecule has 0 radical (unpaired) electrons. The number of carboxylic acids is 1. The summed E-state index contributed by atoms with van der Waals surface area (Å²) < 4.78 is 9.67. The van der Waals surface area contributed by atoms with Gasteiger partial charge in [-0.3, -0.25) is 4.79 Å². The van der Waals surface area contributed by atoms with Crippen molar-refractivity contribution < 1.29 is 23.8 Å². The standard InChI is InChI=1S/C10H12O5S/c1-6(9(11)12)16-5-8-7(3-4-15-8)10(13)14-2/h3-4,6H,5H2,1-2H3,(H,11,12). The molecular weight excluding hydrogens is 232 g/mol. The smallest absolute Gasteiger partial charge is 0.341 e. The third-order valence-electron chi connectivity index (χ3n) is 1.96. The van der Waals surface area contributed by atoms with E-state index in [9.17, 15) is 9.59 Å². The first kappa shape index (κ1) is 12.6. The second-order valence-electron chi connectivity index (χ2n) is 3.04. The third kappa shape index (κ3) is 3.03. The molecule has 1 atom stereocenters. The number of rotatable bonds is 5. The number of aliphatic carboxylic acids is 1. The number of furan rings is 1. The molecule has 6 heteroatoms. The molecule has 0 aliphatic heterocycles. The van der Waals surface area contributed by atoms with Crippen LogP contribution in [0.5, 0.6) is 0 Å². The Labute approximate surface area is 96.8 Å². The van der Waals surface area contributed by atoms with E-state index in [-0.39, 0.29) is 0 Å². The van der Waals surface area contributed by atoms with E-state index < -0.39 is 17.2 Å². The van der Waals surface area contributed by atoms with Crippen LogP contribution in [0, 0.1) is 0 Å². The minimum absolute atomic E-state index is 0.324. The second-order valence-corrected chi connectivity index (χ2v) is 4.37. The third-order valence-corrected chi connectivity index (χ3v) is 3.09. The highest BCUT2D eigenvalue weighted by Gasteiger charge is 2.18.